The minimum Gasteiger partial charge on any atom is -0.479 e. The molecule has 2 rings (SSSR count). The predicted octanol–water partition coefficient (Wildman–Crippen LogP) is 2.40. The lowest BCUT2D eigenvalue weighted by Gasteiger charge is -2.32. The number of amides is 1. The molecule has 2 N–H and O–H groups in total. The van der Waals surface area contributed by atoms with E-state index >= 15 is 0 Å². The first kappa shape index (κ1) is 18.7. The molecule has 25 heavy (non-hydrogen) atoms. The van der Waals surface area contributed by atoms with Crippen LogP contribution in [-0.4, -0.2) is 39.8 Å². The molecule has 0 aromatic heterocycles. The summed E-state index contributed by atoms with van der Waals surface area (Å²) in [6.07, 6.45) is -1.81. The highest BCUT2D eigenvalue weighted by Crippen LogP contribution is 2.39. The summed E-state index contributed by atoms with van der Waals surface area (Å²) in [5.41, 5.74) is -2.20. The van der Waals surface area contributed by atoms with Crippen molar-refractivity contribution in [2.45, 2.75) is 44.4 Å². The molecule has 0 saturated carbocycles. The van der Waals surface area contributed by atoms with Gasteiger partial charge in [-0.25, -0.2) is 9.59 Å². The van der Waals surface area contributed by atoms with Crippen LogP contribution in [0.5, 0.6) is 0 Å². The highest BCUT2D eigenvalue weighted by atomic mass is 16.6. The fourth-order valence-electron chi connectivity index (χ4n) is 2.65. The fraction of sp³-hybridized carbons (Fsp3) is 0.500. The number of nitrogens with zero attached hydrogens (tertiary/aromatic N) is 1. The minimum absolute atomic E-state index is 0.0449. The monoisotopic (exact) mass is 352 g/mol. The number of carboxylic acid groups (broad SMARTS) is 1. The number of carbonyl (C=O) groups excluding carboxylic acids is 1. The number of non-ortho nitro benzene ring substituents is 1. The highest BCUT2D eigenvalue weighted by molar-refractivity contribution is 5.86. The standard InChI is InChI=1S/C16H20N2O7/c1-15(2,3)25-14(21)17-16(13(19)20)8-9-24-12(16)10-4-6-11(7-5-10)18(22)23/h4-7,12H,8-9H2,1-3H3,(H,17,21)(H,19,20)/t12-,16+/m0/s1. The molecule has 136 valence electrons. The molecule has 0 spiro atoms. The van der Waals surface area contributed by atoms with E-state index < -0.39 is 34.2 Å². The molecule has 1 fully saturated rings. The van der Waals surface area contributed by atoms with Crippen molar-refractivity contribution in [1.82, 2.24) is 5.32 Å². The van der Waals surface area contributed by atoms with Crippen LogP contribution in [0.25, 0.3) is 0 Å². The number of carboxylic acids is 1. The van der Waals surface area contributed by atoms with Crippen LogP contribution >= 0.6 is 0 Å². The summed E-state index contributed by atoms with van der Waals surface area (Å²) in [5.74, 6) is -1.26. The van der Waals surface area contributed by atoms with Gasteiger partial charge in [-0.1, -0.05) is 0 Å². The molecule has 0 unspecified atom stereocenters. The smallest absolute Gasteiger partial charge is 0.408 e. The van der Waals surface area contributed by atoms with Crippen LogP contribution in [0.3, 0.4) is 0 Å². The number of nitro benzene ring substituents is 1. The maximum Gasteiger partial charge on any atom is 0.408 e. The van der Waals surface area contributed by atoms with Crippen molar-refractivity contribution in [2.24, 2.45) is 0 Å². The van der Waals surface area contributed by atoms with Crippen LogP contribution < -0.4 is 5.32 Å². The largest absolute Gasteiger partial charge is 0.479 e. The van der Waals surface area contributed by atoms with Gasteiger partial charge in [0, 0.05) is 18.6 Å². The molecule has 1 aliphatic heterocycles. The van der Waals surface area contributed by atoms with Crippen molar-refractivity contribution >= 4 is 17.7 Å². The van der Waals surface area contributed by atoms with Crippen molar-refractivity contribution in [3.8, 4) is 0 Å². The van der Waals surface area contributed by atoms with Gasteiger partial charge in [-0.3, -0.25) is 10.1 Å². The topological polar surface area (TPSA) is 128 Å². The molecule has 0 bridgehead atoms. The summed E-state index contributed by atoms with van der Waals surface area (Å²) in [6.45, 7) is 5.11. The number of nitrogens with one attached hydrogen (secondary N) is 1. The molecule has 1 amide bonds. The first-order valence-corrected chi connectivity index (χ1v) is 7.66. The van der Waals surface area contributed by atoms with E-state index in [4.69, 9.17) is 9.47 Å². The lowest BCUT2D eigenvalue weighted by molar-refractivity contribution is -0.384. The molecule has 1 aliphatic rings. The molecule has 9 nitrogen and oxygen atoms in total. The zero-order valence-electron chi connectivity index (χ0n) is 14.1. The zero-order chi connectivity index (χ0) is 18.8. The molecule has 1 heterocycles. The number of ether oxygens (including phenoxy) is 2. The Bertz CT molecular complexity index is 681. The van der Waals surface area contributed by atoms with Gasteiger partial charge >= 0.3 is 12.1 Å². The van der Waals surface area contributed by atoms with Crippen LogP contribution in [0.2, 0.25) is 0 Å². The van der Waals surface area contributed by atoms with E-state index in [2.05, 4.69) is 5.32 Å². The summed E-state index contributed by atoms with van der Waals surface area (Å²) < 4.78 is 10.7. The lowest BCUT2D eigenvalue weighted by Crippen LogP contribution is -2.57. The Kier molecular flexibility index (Phi) is 4.98. The fourth-order valence-corrected chi connectivity index (χ4v) is 2.65. The molecule has 0 aliphatic carbocycles. The number of hydrogen-bond acceptors (Lipinski definition) is 6. The quantitative estimate of drug-likeness (QED) is 0.629. The van der Waals surface area contributed by atoms with Crippen molar-refractivity contribution in [3.05, 3.63) is 39.9 Å². The summed E-state index contributed by atoms with van der Waals surface area (Å²) in [5, 5.41) is 22.9. The number of rotatable bonds is 4. The van der Waals surface area contributed by atoms with Crippen LogP contribution in [0.4, 0.5) is 10.5 Å². The third kappa shape index (κ3) is 4.05. The average molecular weight is 352 g/mol. The van der Waals surface area contributed by atoms with Crippen LogP contribution in [-0.2, 0) is 14.3 Å². The van der Waals surface area contributed by atoms with E-state index in [1.165, 1.54) is 24.3 Å². The van der Waals surface area contributed by atoms with E-state index in [0.717, 1.165) is 0 Å². The van der Waals surface area contributed by atoms with E-state index in [9.17, 15) is 24.8 Å². The van der Waals surface area contributed by atoms with Crippen molar-refractivity contribution in [1.29, 1.82) is 0 Å². The number of alkyl carbamates (subject to hydrolysis) is 1. The zero-order valence-corrected chi connectivity index (χ0v) is 14.1. The normalized spacial score (nSPS) is 23.1. The SMILES string of the molecule is CC(C)(C)OC(=O)N[C@]1(C(=O)O)CCO[C@H]1c1ccc([N+](=O)[O-])cc1. The number of carbonyl (C=O) groups is 2. The first-order chi connectivity index (χ1) is 11.5. The van der Waals surface area contributed by atoms with Crippen LogP contribution in [0.1, 0.15) is 38.9 Å². The first-order valence-electron chi connectivity index (χ1n) is 7.66. The van der Waals surface area contributed by atoms with Crippen LogP contribution in [0.15, 0.2) is 24.3 Å². The molecule has 0 radical (unpaired) electrons. The Balaban J connectivity index is 2.31. The third-order valence-corrected chi connectivity index (χ3v) is 3.74. The lowest BCUT2D eigenvalue weighted by atomic mass is 9.87. The number of hydrogen-bond donors (Lipinski definition) is 2. The van der Waals surface area contributed by atoms with Crippen molar-refractivity contribution in [2.75, 3.05) is 6.61 Å². The minimum atomic E-state index is -1.71. The van der Waals surface area contributed by atoms with Gasteiger partial charge in [-0.15, -0.1) is 0 Å². The predicted molar refractivity (Wildman–Crippen MR) is 86.1 cm³/mol. The Morgan fingerprint density at radius 2 is 1.96 bits per heavy atom. The summed E-state index contributed by atoms with van der Waals surface area (Å²) in [4.78, 5) is 34.2. The molecule has 1 saturated heterocycles. The average Bonchev–Trinajstić information content (AvgIpc) is 2.90. The van der Waals surface area contributed by atoms with Gasteiger partial charge in [0.25, 0.3) is 5.69 Å². The maximum absolute atomic E-state index is 12.1. The van der Waals surface area contributed by atoms with E-state index in [1.807, 2.05) is 0 Å². The second-order valence-electron chi connectivity index (χ2n) is 6.75. The van der Waals surface area contributed by atoms with Gasteiger partial charge < -0.3 is 19.9 Å². The van der Waals surface area contributed by atoms with E-state index in [0.29, 0.717) is 5.56 Å². The van der Waals surface area contributed by atoms with Gasteiger partial charge in [0.15, 0.2) is 5.54 Å². The maximum atomic E-state index is 12.1. The number of benzene rings is 1. The summed E-state index contributed by atoms with van der Waals surface area (Å²) >= 11 is 0. The van der Waals surface area contributed by atoms with Gasteiger partial charge in [0.1, 0.15) is 11.7 Å². The number of aliphatic carboxylic acids is 1. The molecule has 1 aromatic rings. The molecular weight excluding hydrogens is 332 g/mol. The van der Waals surface area contributed by atoms with E-state index in [-0.39, 0.29) is 18.7 Å². The van der Waals surface area contributed by atoms with Gasteiger partial charge in [0.05, 0.1) is 11.5 Å². The molecule has 9 heteroatoms. The van der Waals surface area contributed by atoms with E-state index in [1.54, 1.807) is 20.8 Å². The van der Waals surface area contributed by atoms with Crippen molar-refractivity contribution in [3.63, 3.8) is 0 Å². The Hall–Kier alpha value is -2.68. The Labute approximate surface area is 144 Å². The highest BCUT2D eigenvalue weighted by Gasteiger charge is 2.53. The molecule has 2 atom stereocenters. The summed E-state index contributed by atoms with van der Waals surface area (Å²) in [7, 11) is 0. The second kappa shape index (κ2) is 6.67. The van der Waals surface area contributed by atoms with Crippen LogP contribution in [0, 0.1) is 10.1 Å². The number of nitro groups is 1. The van der Waals surface area contributed by atoms with Crippen molar-refractivity contribution < 1.29 is 29.1 Å². The second-order valence-corrected chi connectivity index (χ2v) is 6.75. The molecular formula is C16H20N2O7. The Morgan fingerprint density at radius 1 is 1.36 bits per heavy atom. The Morgan fingerprint density at radius 3 is 2.44 bits per heavy atom. The van der Waals surface area contributed by atoms with Gasteiger partial charge in [-0.05, 0) is 38.5 Å². The van der Waals surface area contributed by atoms with Gasteiger partial charge in [0.2, 0.25) is 0 Å². The third-order valence-electron chi connectivity index (χ3n) is 3.74. The van der Waals surface area contributed by atoms with Gasteiger partial charge in [-0.2, -0.15) is 0 Å². The summed E-state index contributed by atoms with van der Waals surface area (Å²) in [6, 6.07) is 5.36. The molecule has 1 aromatic carbocycles.